The van der Waals surface area contributed by atoms with Crippen LogP contribution in [0.2, 0.25) is 0 Å². The Hall–Kier alpha value is -1.36. The van der Waals surface area contributed by atoms with E-state index >= 15 is 0 Å². The third-order valence-corrected chi connectivity index (χ3v) is 3.57. The summed E-state index contributed by atoms with van der Waals surface area (Å²) in [6.07, 6.45) is 12.9. The van der Waals surface area contributed by atoms with E-state index in [1.807, 2.05) is 6.08 Å². The first-order chi connectivity index (χ1) is 11.6. The highest BCUT2D eigenvalue weighted by Crippen LogP contribution is 2.07. The van der Waals surface area contributed by atoms with Crippen LogP contribution in [0.1, 0.15) is 65.7 Å². The smallest absolute Gasteiger partial charge is 0.320 e. The van der Waals surface area contributed by atoms with Gasteiger partial charge in [0.1, 0.15) is 0 Å². The minimum Gasteiger partial charge on any atom is -0.465 e. The maximum atomic E-state index is 11.6. The zero-order valence-corrected chi connectivity index (χ0v) is 15.7. The molecule has 0 amide bonds. The molecule has 0 atom stereocenters. The average Bonchev–Trinajstić information content (AvgIpc) is 2.53. The Morgan fingerprint density at radius 2 is 1.33 bits per heavy atom. The van der Waals surface area contributed by atoms with E-state index in [1.54, 1.807) is 18.7 Å². The molecule has 0 spiro atoms. The molecule has 5 heteroatoms. The SMILES string of the molecule is CCCCCCCC/C=C/CN(CC(=O)OCC)CC(=O)OCC. The predicted molar refractivity (Wildman–Crippen MR) is 96.8 cm³/mol. The molecule has 24 heavy (non-hydrogen) atoms. The van der Waals surface area contributed by atoms with Gasteiger partial charge >= 0.3 is 11.9 Å². The van der Waals surface area contributed by atoms with Gasteiger partial charge < -0.3 is 9.47 Å². The topological polar surface area (TPSA) is 55.8 Å². The van der Waals surface area contributed by atoms with Gasteiger partial charge in [-0.3, -0.25) is 14.5 Å². The Kier molecular flexibility index (Phi) is 15.6. The van der Waals surface area contributed by atoms with Crippen LogP contribution in [-0.4, -0.2) is 49.7 Å². The van der Waals surface area contributed by atoms with Crippen molar-refractivity contribution in [3.8, 4) is 0 Å². The number of nitrogens with zero attached hydrogens (tertiary/aromatic N) is 1. The monoisotopic (exact) mass is 341 g/mol. The van der Waals surface area contributed by atoms with Gasteiger partial charge in [0.25, 0.3) is 0 Å². The first-order valence-electron chi connectivity index (χ1n) is 9.32. The second kappa shape index (κ2) is 16.5. The van der Waals surface area contributed by atoms with Crippen molar-refractivity contribution in [3.05, 3.63) is 12.2 Å². The van der Waals surface area contributed by atoms with Crippen molar-refractivity contribution < 1.29 is 19.1 Å². The van der Waals surface area contributed by atoms with Crippen molar-refractivity contribution in [2.24, 2.45) is 0 Å². The summed E-state index contributed by atoms with van der Waals surface area (Å²) in [5.74, 6) is -0.628. The summed E-state index contributed by atoms with van der Waals surface area (Å²) in [7, 11) is 0. The Labute approximate surface area is 147 Å². The van der Waals surface area contributed by atoms with Gasteiger partial charge in [-0.2, -0.15) is 0 Å². The van der Waals surface area contributed by atoms with Gasteiger partial charge in [-0.15, -0.1) is 0 Å². The normalized spacial score (nSPS) is 11.2. The van der Waals surface area contributed by atoms with Crippen LogP contribution in [0.25, 0.3) is 0 Å². The molecule has 140 valence electrons. The number of carbonyl (C=O) groups excluding carboxylic acids is 2. The quantitative estimate of drug-likeness (QED) is 0.258. The van der Waals surface area contributed by atoms with Crippen molar-refractivity contribution in [1.82, 2.24) is 4.90 Å². The number of unbranched alkanes of at least 4 members (excludes halogenated alkanes) is 6. The van der Waals surface area contributed by atoms with E-state index in [4.69, 9.17) is 9.47 Å². The molecule has 0 aromatic carbocycles. The minimum atomic E-state index is -0.314. The molecule has 0 bridgehead atoms. The molecule has 0 unspecified atom stereocenters. The summed E-state index contributed by atoms with van der Waals surface area (Å²) < 4.78 is 9.90. The van der Waals surface area contributed by atoms with Crippen molar-refractivity contribution in [1.29, 1.82) is 0 Å². The van der Waals surface area contributed by atoms with Crippen LogP contribution in [0.3, 0.4) is 0 Å². The first kappa shape index (κ1) is 22.6. The summed E-state index contributed by atoms with van der Waals surface area (Å²) in [6, 6.07) is 0. The molecule has 0 rings (SSSR count). The molecule has 0 saturated carbocycles. The number of rotatable bonds is 15. The summed E-state index contributed by atoms with van der Waals surface area (Å²) in [4.78, 5) is 25.0. The van der Waals surface area contributed by atoms with Crippen molar-refractivity contribution in [3.63, 3.8) is 0 Å². The minimum absolute atomic E-state index is 0.105. The van der Waals surface area contributed by atoms with E-state index in [0.29, 0.717) is 19.8 Å². The zero-order valence-electron chi connectivity index (χ0n) is 15.7. The first-order valence-corrected chi connectivity index (χ1v) is 9.32. The molecule has 0 N–H and O–H groups in total. The van der Waals surface area contributed by atoms with Crippen LogP contribution in [0.15, 0.2) is 12.2 Å². The summed E-state index contributed by atoms with van der Waals surface area (Å²) in [6.45, 7) is 7.22. The third kappa shape index (κ3) is 14.2. The highest BCUT2D eigenvalue weighted by Gasteiger charge is 2.14. The Balaban J connectivity index is 4.07. The van der Waals surface area contributed by atoms with Gasteiger partial charge in [0, 0.05) is 6.54 Å². The number of hydrogen-bond acceptors (Lipinski definition) is 5. The molecule has 0 aromatic heterocycles. The lowest BCUT2D eigenvalue weighted by atomic mass is 10.1. The molecule has 0 aromatic rings. The lowest BCUT2D eigenvalue weighted by Gasteiger charge is -2.18. The Bertz CT molecular complexity index is 335. The van der Waals surface area contributed by atoms with Gasteiger partial charge in [0.05, 0.1) is 26.3 Å². The predicted octanol–water partition coefficient (Wildman–Crippen LogP) is 3.72. The second-order valence-electron chi connectivity index (χ2n) is 5.81. The molecular weight excluding hydrogens is 306 g/mol. The van der Waals surface area contributed by atoms with Gasteiger partial charge in [-0.05, 0) is 26.7 Å². The van der Waals surface area contributed by atoms with Crippen LogP contribution in [0, 0.1) is 0 Å². The maximum absolute atomic E-state index is 11.6. The highest BCUT2D eigenvalue weighted by atomic mass is 16.5. The third-order valence-electron chi connectivity index (χ3n) is 3.57. The average molecular weight is 341 g/mol. The lowest BCUT2D eigenvalue weighted by molar-refractivity contribution is -0.147. The van der Waals surface area contributed by atoms with Crippen LogP contribution in [-0.2, 0) is 19.1 Å². The fourth-order valence-electron chi connectivity index (χ4n) is 2.35. The molecule has 0 aliphatic carbocycles. The fraction of sp³-hybridized carbons (Fsp3) is 0.789. The molecule has 5 nitrogen and oxygen atoms in total. The highest BCUT2D eigenvalue weighted by molar-refractivity contribution is 5.75. The van der Waals surface area contributed by atoms with Gasteiger partial charge in [0.2, 0.25) is 0 Å². The molecule has 0 fully saturated rings. The van der Waals surface area contributed by atoms with Crippen molar-refractivity contribution in [2.45, 2.75) is 65.7 Å². The number of allylic oxidation sites excluding steroid dienone is 1. The largest absolute Gasteiger partial charge is 0.465 e. The van der Waals surface area contributed by atoms with Crippen LogP contribution >= 0.6 is 0 Å². The van der Waals surface area contributed by atoms with Crippen molar-refractivity contribution >= 4 is 11.9 Å². The maximum Gasteiger partial charge on any atom is 0.320 e. The van der Waals surface area contributed by atoms with Gasteiger partial charge in [-0.1, -0.05) is 51.2 Å². The molecule has 0 radical (unpaired) electrons. The standard InChI is InChI=1S/C19H35NO4/c1-4-7-8-9-10-11-12-13-14-15-20(16-18(21)23-5-2)17-19(22)24-6-3/h13-14H,4-12,15-17H2,1-3H3/b14-13+. The molecular formula is C19H35NO4. The van der Waals surface area contributed by atoms with Gasteiger partial charge in [-0.25, -0.2) is 0 Å². The van der Waals surface area contributed by atoms with E-state index in [-0.39, 0.29) is 25.0 Å². The summed E-state index contributed by atoms with van der Waals surface area (Å²) in [5.41, 5.74) is 0. The zero-order chi connectivity index (χ0) is 18.0. The van der Waals surface area contributed by atoms with E-state index < -0.39 is 0 Å². The number of hydrogen-bond donors (Lipinski definition) is 0. The van der Waals surface area contributed by atoms with Crippen LogP contribution < -0.4 is 0 Å². The van der Waals surface area contributed by atoms with Crippen LogP contribution in [0.5, 0.6) is 0 Å². The van der Waals surface area contributed by atoms with E-state index in [9.17, 15) is 9.59 Å². The Morgan fingerprint density at radius 3 is 1.88 bits per heavy atom. The molecule has 0 saturated heterocycles. The van der Waals surface area contributed by atoms with E-state index in [2.05, 4.69) is 13.0 Å². The summed E-state index contributed by atoms with van der Waals surface area (Å²) >= 11 is 0. The van der Waals surface area contributed by atoms with E-state index in [1.165, 1.54) is 38.5 Å². The molecule has 0 heterocycles. The van der Waals surface area contributed by atoms with Crippen molar-refractivity contribution in [2.75, 3.05) is 32.8 Å². The number of ether oxygens (including phenoxy) is 2. The molecule has 0 aliphatic heterocycles. The number of carbonyl (C=O) groups is 2. The second-order valence-corrected chi connectivity index (χ2v) is 5.81. The lowest BCUT2D eigenvalue weighted by Crippen LogP contribution is -2.36. The Morgan fingerprint density at radius 1 is 0.792 bits per heavy atom. The molecule has 0 aliphatic rings. The fourth-order valence-corrected chi connectivity index (χ4v) is 2.35. The van der Waals surface area contributed by atoms with E-state index in [0.717, 1.165) is 6.42 Å². The van der Waals surface area contributed by atoms with Crippen LogP contribution in [0.4, 0.5) is 0 Å². The number of esters is 2. The summed E-state index contributed by atoms with van der Waals surface area (Å²) in [5, 5.41) is 0. The van der Waals surface area contributed by atoms with Gasteiger partial charge in [0.15, 0.2) is 0 Å².